The van der Waals surface area contributed by atoms with E-state index in [4.69, 9.17) is 34.2 Å². The summed E-state index contributed by atoms with van der Waals surface area (Å²) in [6, 6.07) is 5.51. The Balaban J connectivity index is 0.817. The molecule has 1 aromatic carbocycles. The molecule has 4 saturated heterocycles. The number of hydrogen-bond acceptors (Lipinski definition) is 17. The molecule has 8 N–H and O–H groups in total. The molecular formula is C57H93N7O13S2. The van der Waals surface area contributed by atoms with Crippen molar-refractivity contribution >= 4 is 64.6 Å². The minimum absolute atomic E-state index is 0.0628. The lowest BCUT2D eigenvalue weighted by Crippen LogP contribution is -2.36. The number of benzene rings is 1. The van der Waals surface area contributed by atoms with Gasteiger partial charge in [-0.1, -0.05) is 12.8 Å². The van der Waals surface area contributed by atoms with E-state index in [0.29, 0.717) is 190 Å². The quantitative estimate of drug-likeness (QED) is 0.0234. The van der Waals surface area contributed by atoms with Crippen LogP contribution in [-0.4, -0.2) is 193 Å². The first-order valence-corrected chi connectivity index (χ1v) is 31.5. The summed E-state index contributed by atoms with van der Waals surface area (Å²) in [5.74, 6) is 1.86. The van der Waals surface area contributed by atoms with Crippen molar-refractivity contribution in [3.63, 3.8) is 0 Å². The third-order valence-corrected chi connectivity index (χ3v) is 17.4. The highest BCUT2D eigenvalue weighted by Gasteiger charge is 2.43. The minimum atomic E-state index is -0.359. The van der Waals surface area contributed by atoms with Crippen molar-refractivity contribution in [2.24, 2.45) is 5.73 Å². The molecule has 79 heavy (non-hydrogen) atoms. The molecule has 4 aliphatic rings. The van der Waals surface area contributed by atoms with Crippen LogP contribution < -0.4 is 37.6 Å². The number of Topliss-reactive ketones (excluding diaryl/α,β-unsaturated/α-hetero) is 4. The Morgan fingerprint density at radius 1 is 0.456 bits per heavy atom. The second-order valence-electron chi connectivity index (χ2n) is 20.8. The Morgan fingerprint density at radius 2 is 0.823 bits per heavy atom. The summed E-state index contributed by atoms with van der Waals surface area (Å²) < 4.78 is 34.0. The highest BCUT2D eigenvalue weighted by atomic mass is 32.2. The number of carbonyl (C=O) groups excluding carboxylic acids is 7. The van der Waals surface area contributed by atoms with E-state index >= 15 is 0 Å². The number of carbonyl (C=O) groups is 7. The molecular weight excluding hydrogens is 1050 g/mol. The van der Waals surface area contributed by atoms with Gasteiger partial charge in [0.2, 0.25) is 0 Å². The summed E-state index contributed by atoms with van der Waals surface area (Å²) in [6.45, 7) is 7.68. The molecule has 446 valence electrons. The maximum atomic E-state index is 13.4. The van der Waals surface area contributed by atoms with Gasteiger partial charge in [0.25, 0.3) is 5.91 Å². The van der Waals surface area contributed by atoms with Crippen molar-refractivity contribution in [3.05, 3.63) is 34.9 Å². The average Bonchev–Trinajstić information content (AvgIpc) is 4.22. The Bertz CT molecular complexity index is 1870. The summed E-state index contributed by atoms with van der Waals surface area (Å²) in [7, 11) is 0. The lowest BCUT2D eigenvalue weighted by Gasteiger charge is -2.16. The van der Waals surface area contributed by atoms with Gasteiger partial charge in [-0.3, -0.25) is 24.0 Å². The average molecular weight is 1150 g/mol. The van der Waals surface area contributed by atoms with Crippen LogP contribution in [0.2, 0.25) is 0 Å². The molecule has 0 radical (unpaired) electrons. The topological polar surface area (TPSA) is 273 Å². The van der Waals surface area contributed by atoms with Crippen molar-refractivity contribution in [1.82, 2.24) is 31.9 Å². The van der Waals surface area contributed by atoms with Crippen molar-refractivity contribution in [2.75, 3.05) is 117 Å². The highest BCUT2D eigenvalue weighted by Crippen LogP contribution is 2.34. The standard InChI is InChI=1S/C57H93N7O13S2/c58-21-22-59-23-24-60-55(69)44-38-42(49(67)17-7-11-27-74-31-35-76-33-29-72-25-9-5-15-45(65)13-1-3-19-51-53-47(40-78-51)61-56(70)63-53)37-43(39-44)50(68)18-8-12-28-75-32-36-77-34-30-73-26-10-6-16-46(66)14-2-4-20-52-54-48(41-79-52)62-57(71)64-54/h37-39,47-48,51-54,59H,1-36,40-41,58H2,(H,60,69)(H2,61,63,70)(H2,62,64,71). The zero-order valence-corrected chi connectivity index (χ0v) is 48.4. The molecule has 5 rings (SSSR count). The molecule has 6 unspecified atom stereocenters. The van der Waals surface area contributed by atoms with Gasteiger partial charge in [0, 0.05) is 130 Å². The molecule has 6 atom stereocenters. The van der Waals surface area contributed by atoms with Crippen LogP contribution in [-0.2, 0) is 38.0 Å². The molecule has 0 saturated carbocycles. The third-order valence-electron chi connectivity index (χ3n) is 14.4. The number of urea groups is 2. The number of rotatable bonds is 50. The van der Waals surface area contributed by atoms with Gasteiger partial charge < -0.3 is 66.1 Å². The monoisotopic (exact) mass is 1150 g/mol. The van der Waals surface area contributed by atoms with Gasteiger partial charge in [0.15, 0.2) is 11.6 Å². The van der Waals surface area contributed by atoms with Crippen LogP contribution >= 0.6 is 23.5 Å². The summed E-state index contributed by atoms with van der Waals surface area (Å²) in [4.78, 5) is 87.7. The fourth-order valence-corrected chi connectivity index (χ4v) is 13.0. The van der Waals surface area contributed by atoms with E-state index in [9.17, 15) is 33.6 Å². The molecule has 0 aliphatic carbocycles. The van der Waals surface area contributed by atoms with Crippen LogP contribution in [0.3, 0.4) is 0 Å². The van der Waals surface area contributed by atoms with Crippen LogP contribution in [0.15, 0.2) is 18.2 Å². The van der Waals surface area contributed by atoms with Gasteiger partial charge in [-0.15, -0.1) is 0 Å². The van der Waals surface area contributed by atoms with Gasteiger partial charge in [0.05, 0.1) is 77.0 Å². The van der Waals surface area contributed by atoms with E-state index in [0.717, 1.165) is 75.7 Å². The number of hydrogen-bond donors (Lipinski definition) is 7. The Hall–Kier alpha value is -3.71. The summed E-state index contributed by atoms with van der Waals surface area (Å²) in [6.07, 6.45) is 14.5. The van der Waals surface area contributed by atoms with E-state index < -0.39 is 0 Å². The molecule has 0 spiro atoms. The largest absolute Gasteiger partial charge is 0.379 e. The molecule has 20 nitrogen and oxygen atoms in total. The molecule has 0 aromatic heterocycles. The van der Waals surface area contributed by atoms with Crippen molar-refractivity contribution in [3.8, 4) is 0 Å². The Kier molecular flexibility index (Phi) is 33.9. The molecule has 4 aliphatic heterocycles. The third kappa shape index (κ3) is 27.3. The van der Waals surface area contributed by atoms with Crippen LogP contribution in [0.4, 0.5) is 9.59 Å². The van der Waals surface area contributed by atoms with Gasteiger partial charge in [-0.25, -0.2) is 9.59 Å². The Labute approximate surface area is 477 Å². The number of amides is 5. The van der Waals surface area contributed by atoms with Gasteiger partial charge in [-0.05, 0) is 95.2 Å². The van der Waals surface area contributed by atoms with E-state index in [1.54, 1.807) is 18.2 Å². The molecule has 4 heterocycles. The maximum absolute atomic E-state index is 13.4. The molecule has 4 fully saturated rings. The number of nitrogens with two attached hydrogens (primary N) is 1. The molecule has 5 amide bonds. The SMILES string of the molecule is NCCNCCNC(=O)c1cc(C(=O)CCCCOCCOCCOCCCCC(=O)CCCCC2SCC3NC(=O)NC32)cc(C(=O)CCCCOCCOCCOCCCCC(=O)CCCCC2SCC3NC(=O)NC32)c1. The van der Waals surface area contributed by atoms with Crippen LogP contribution in [0.1, 0.15) is 159 Å². The fraction of sp³-hybridized carbons (Fsp3) is 0.772. The number of nitrogens with one attached hydrogen (secondary N) is 6. The van der Waals surface area contributed by atoms with Crippen LogP contribution in [0, 0.1) is 0 Å². The van der Waals surface area contributed by atoms with Gasteiger partial charge >= 0.3 is 12.1 Å². The number of unbranched alkanes of at least 4 members (excludes halogenated alkanes) is 6. The van der Waals surface area contributed by atoms with Gasteiger partial charge in [0.1, 0.15) is 11.6 Å². The lowest BCUT2D eigenvalue weighted by molar-refractivity contribution is -0.120. The molecule has 1 aromatic rings. The number of thioether (sulfide) groups is 2. The second kappa shape index (κ2) is 40.5. The molecule has 22 heteroatoms. The first-order valence-electron chi connectivity index (χ1n) is 29.4. The van der Waals surface area contributed by atoms with E-state index in [-0.39, 0.29) is 72.1 Å². The van der Waals surface area contributed by atoms with Crippen LogP contribution in [0.25, 0.3) is 0 Å². The van der Waals surface area contributed by atoms with Crippen LogP contribution in [0.5, 0.6) is 0 Å². The number of ketones is 4. The second-order valence-corrected chi connectivity index (χ2v) is 23.3. The first kappa shape index (κ1) is 66.1. The summed E-state index contributed by atoms with van der Waals surface area (Å²) in [5, 5.41) is 18.8. The zero-order valence-electron chi connectivity index (χ0n) is 46.8. The summed E-state index contributed by atoms with van der Waals surface area (Å²) >= 11 is 3.82. The lowest BCUT2D eigenvalue weighted by atomic mass is 9.96. The van der Waals surface area contributed by atoms with E-state index in [2.05, 4.69) is 31.9 Å². The van der Waals surface area contributed by atoms with Crippen molar-refractivity contribution < 1.29 is 62.0 Å². The van der Waals surface area contributed by atoms with E-state index in [1.165, 1.54) is 0 Å². The fourth-order valence-electron chi connectivity index (χ4n) is 9.95. The highest BCUT2D eigenvalue weighted by molar-refractivity contribution is 8.00. The normalized spacial score (nSPS) is 20.1. The number of fused-ring (bicyclic) bond motifs is 2. The van der Waals surface area contributed by atoms with Crippen molar-refractivity contribution in [1.29, 1.82) is 0 Å². The maximum Gasteiger partial charge on any atom is 0.315 e. The predicted octanol–water partition coefficient (Wildman–Crippen LogP) is 5.70. The molecule has 0 bridgehead atoms. The number of ether oxygens (including phenoxy) is 6. The summed E-state index contributed by atoms with van der Waals surface area (Å²) in [5.41, 5.74) is 6.47. The van der Waals surface area contributed by atoms with Gasteiger partial charge in [-0.2, -0.15) is 23.5 Å². The minimum Gasteiger partial charge on any atom is -0.379 e. The van der Waals surface area contributed by atoms with E-state index in [1.807, 2.05) is 23.5 Å². The Morgan fingerprint density at radius 3 is 1.23 bits per heavy atom. The predicted molar refractivity (Wildman–Crippen MR) is 308 cm³/mol. The first-order chi connectivity index (χ1) is 38.6. The zero-order chi connectivity index (χ0) is 56.1. The van der Waals surface area contributed by atoms with Crippen molar-refractivity contribution in [2.45, 2.75) is 163 Å². The smallest absolute Gasteiger partial charge is 0.315 e.